The number of aromatic nitrogens is 1. The van der Waals surface area contributed by atoms with Crippen LogP contribution in [-0.4, -0.2) is 84.9 Å². The Hall–Kier alpha value is -4.00. The summed E-state index contributed by atoms with van der Waals surface area (Å²) in [6.45, 7) is 3.80. The molecule has 12 heteroatoms. The Bertz CT molecular complexity index is 1420. The van der Waals surface area contributed by atoms with E-state index in [4.69, 9.17) is 9.47 Å². The minimum absolute atomic E-state index is 0.139. The standard InChI is InChI=1S/C38H52N6O5S/c45-36(35(18-19-44-20-22-48-23-21-44)43-37(46)41-31-14-8-3-9-15-31)40-32(24-29-10-4-1-5-11-29)16-17-33(25-30-12-6-2-7-13-30)42-38(47)49-27-34-26-39-28-50-34/h1-2,4-7,10-13,26,28,31-33,35H,3,8-9,14-25,27H2,(H,40,45)(H,42,47)(H2,41,43,46)/t32-,33-,35-/m1/s1. The number of nitrogens with one attached hydrogen (secondary N) is 4. The zero-order valence-corrected chi connectivity index (χ0v) is 29.7. The first-order valence-electron chi connectivity index (χ1n) is 18.1. The average molecular weight is 705 g/mol. The fourth-order valence-corrected chi connectivity index (χ4v) is 7.15. The van der Waals surface area contributed by atoms with Gasteiger partial charge in [0, 0.05) is 44.0 Å². The normalized spacial score (nSPS) is 17.2. The number of hydrogen-bond acceptors (Lipinski definition) is 8. The molecule has 1 aliphatic heterocycles. The van der Waals surface area contributed by atoms with Crippen molar-refractivity contribution in [2.45, 2.75) is 95.0 Å². The summed E-state index contributed by atoms with van der Waals surface area (Å²) in [7, 11) is 0. The Balaban J connectivity index is 1.26. The molecule has 3 atom stereocenters. The molecule has 2 aromatic carbocycles. The van der Waals surface area contributed by atoms with Crippen molar-refractivity contribution in [3.05, 3.63) is 88.4 Å². The number of benzene rings is 2. The van der Waals surface area contributed by atoms with Crippen LogP contribution in [0.25, 0.3) is 0 Å². The molecule has 2 fully saturated rings. The Morgan fingerprint density at radius 2 is 1.48 bits per heavy atom. The van der Waals surface area contributed by atoms with Crippen molar-refractivity contribution in [2.75, 3.05) is 32.8 Å². The van der Waals surface area contributed by atoms with Crippen molar-refractivity contribution < 1.29 is 23.9 Å². The van der Waals surface area contributed by atoms with Crippen molar-refractivity contribution in [3.8, 4) is 0 Å². The van der Waals surface area contributed by atoms with E-state index in [0.717, 1.165) is 54.8 Å². The third-order valence-corrected chi connectivity index (χ3v) is 10.2. The molecule has 1 saturated carbocycles. The van der Waals surface area contributed by atoms with E-state index in [1.807, 2.05) is 48.5 Å². The van der Waals surface area contributed by atoms with Gasteiger partial charge < -0.3 is 30.7 Å². The van der Waals surface area contributed by atoms with E-state index in [-0.39, 0.29) is 36.7 Å². The SMILES string of the molecule is O=C(NC1CCCCC1)N[C@H](CCN1CCOCC1)C(=O)N[C@H](CC[C@H](Cc1ccccc1)NC(=O)OCc1cncs1)Cc1ccccc1. The van der Waals surface area contributed by atoms with Crippen molar-refractivity contribution in [3.63, 3.8) is 0 Å². The van der Waals surface area contributed by atoms with E-state index in [2.05, 4.69) is 43.3 Å². The van der Waals surface area contributed by atoms with Gasteiger partial charge in [-0.1, -0.05) is 79.9 Å². The van der Waals surface area contributed by atoms with Crippen LogP contribution in [-0.2, 0) is 33.7 Å². The first kappa shape index (κ1) is 37.3. The van der Waals surface area contributed by atoms with Gasteiger partial charge in [-0.25, -0.2) is 9.59 Å². The molecule has 3 aromatic rings. The van der Waals surface area contributed by atoms with Crippen LogP contribution in [0.15, 0.2) is 72.4 Å². The quantitative estimate of drug-likeness (QED) is 0.152. The number of carbonyl (C=O) groups excluding carboxylic acids is 3. The highest BCUT2D eigenvalue weighted by Crippen LogP contribution is 2.18. The second-order valence-electron chi connectivity index (χ2n) is 13.3. The predicted molar refractivity (Wildman–Crippen MR) is 195 cm³/mol. The minimum Gasteiger partial charge on any atom is -0.444 e. The van der Waals surface area contributed by atoms with E-state index in [9.17, 15) is 14.4 Å². The highest BCUT2D eigenvalue weighted by atomic mass is 32.1. The van der Waals surface area contributed by atoms with Crippen LogP contribution in [0.5, 0.6) is 0 Å². The molecule has 0 bridgehead atoms. The molecule has 5 rings (SSSR count). The van der Waals surface area contributed by atoms with Crippen LogP contribution in [0, 0.1) is 0 Å². The van der Waals surface area contributed by atoms with Gasteiger partial charge in [0.25, 0.3) is 0 Å². The highest BCUT2D eigenvalue weighted by Gasteiger charge is 2.27. The van der Waals surface area contributed by atoms with Crippen LogP contribution >= 0.6 is 11.3 Å². The van der Waals surface area contributed by atoms with Gasteiger partial charge in [0.1, 0.15) is 12.6 Å². The maximum Gasteiger partial charge on any atom is 0.407 e. The average Bonchev–Trinajstić information content (AvgIpc) is 3.67. The fraction of sp³-hybridized carbons (Fsp3) is 0.526. The lowest BCUT2D eigenvalue weighted by Crippen LogP contribution is -2.55. The Morgan fingerprint density at radius 3 is 2.10 bits per heavy atom. The van der Waals surface area contributed by atoms with E-state index < -0.39 is 12.1 Å². The highest BCUT2D eigenvalue weighted by molar-refractivity contribution is 7.09. The number of rotatable bonds is 17. The lowest BCUT2D eigenvalue weighted by molar-refractivity contribution is -0.124. The summed E-state index contributed by atoms with van der Waals surface area (Å²) < 4.78 is 11.0. The monoisotopic (exact) mass is 704 g/mol. The third kappa shape index (κ3) is 13.4. The zero-order chi connectivity index (χ0) is 34.8. The second-order valence-corrected chi connectivity index (χ2v) is 14.3. The van der Waals surface area contributed by atoms with Crippen LogP contribution < -0.4 is 21.3 Å². The van der Waals surface area contributed by atoms with Gasteiger partial charge >= 0.3 is 12.1 Å². The number of ether oxygens (including phenoxy) is 2. The van der Waals surface area contributed by atoms with Crippen LogP contribution in [0.1, 0.15) is 67.4 Å². The van der Waals surface area contributed by atoms with Crippen molar-refractivity contribution in [2.24, 2.45) is 0 Å². The number of hydrogen-bond donors (Lipinski definition) is 4. The molecule has 11 nitrogen and oxygen atoms in total. The molecule has 50 heavy (non-hydrogen) atoms. The summed E-state index contributed by atoms with van der Waals surface area (Å²) in [5.41, 5.74) is 3.91. The van der Waals surface area contributed by atoms with Gasteiger partial charge in [-0.3, -0.25) is 14.7 Å². The Morgan fingerprint density at radius 1 is 0.840 bits per heavy atom. The van der Waals surface area contributed by atoms with Crippen LogP contribution in [0.3, 0.4) is 0 Å². The van der Waals surface area contributed by atoms with Gasteiger partial charge in [0.05, 0.1) is 23.6 Å². The summed E-state index contributed by atoms with van der Waals surface area (Å²) in [6.07, 6.45) is 9.50. The smallest absolute Gasteiger partial charge is 0.407 e. The predicted octanol–water partition coefficient (Wildman–Crippen LogP) is 5.21. The maximum atomic E-state index is 14.1. The summed E-state index contributed by atoms with van der Waals surface area (Å²) in [5, 5.41) is 12.5. The van der Waals surface area contributed by atoms with E-state index in [1.165, 1.54) is 17.8 Å². The first-order chi connectivity index (χ1) is 24.5. The largest absolute Gasteiger partial charge is 0.444 e. The van der Waals surface area contributed by atoms with E-state index in [0.29, 0.717) is 51.9 Å². The van der Waals surface area contributed by atoms with E-state index >= 15 is 0 Å². The lowest BCUT2D eigenvalue weighted by Gasteiger charge is -2.30. The summed E-state index contributed by atoms with van der Waals surface area (Å²) in [4.78, 5) is 47.4. The molecular weight excluding hydrogens is 653 g/mol. The topological polar surface area (TPSA) is 134 Å². The maximum absolute atomic E-state index is 14.1. The van der Waals surface area contributed by atoms with Gasteiger partial charge in [-0.05, 0) is 56.1 Å². The van der Waals surface area contributed by atoms with Gasteiger partial charge in [-0.2, -0.15) is 0 Å². The Labute approximate surface area is 299 Å². The molecule has 270 valence electrons. The summed E-state index contributed by atoms with van der Waals surface area (Å²) in [6, 6.07) is 18.8. The van der Waals surface area contributed by atoms with E-state index in [1.54, 1.807) is 11.7 Å². The number of carbonyl (C=O) groups is 3. The van der Waals surface area contributed by atoms with Crippen molar-refractivity contribution in [1.82, 2.24) is 31.2 Å². The summed E-state index contributed by atoms with van der Waals surface area (Å²) >= 11 is 1.44. The molecular formula is C38H52N6O5S. The molecule has 1 aliphatic carbocycles. The van der Waals surface area contributed by atoms with Crippen molar-refractivity contribution >= 4 is 29.4 Å². The molecule has 0 unspecified atom stereocenters. The molecule has 4 amide bonds. The lowest BCUT2D eigenvalue weighted by atomic mass is 9.95. The van der Waals surface area contributed by atoms with Crippen LogP contribution in [0.4, 0.5) is 9.59 Å². The molecule has 0 spiro atoms. The molecule has 0 radical (unpaired) electrons. The molecule has 2 heterocycles. The number of nitrogens with zero attached hydrogens (tertiary/aromatic N) is 2. The number of amides is 4. The molecule has 4 N–H and O–H groups in total. The number of morpholine rings is 1. The molecule has 1 aromatic heterocycles. The third-order valence-electron chi connectivity index (χ3n) is 9.41. The number of alkyl carbamates (subject to hydrolysis) is 1. The van der Waals surface area contributed by atoms with Gasteiger partial charge in [0.2, 0.25) is 5.91 Å². The van der Waals surface area contributed by atoms with Crippen molar-refractivity contribution in [1.29, 1.82) is 0 Å². The van der Waals surface area contributed by atoms with Crippen LogP contribution in [0.2, 0.25) is 0 Å². The Kier molecular flexibility index (Phi) is 15.4. The second kappa shape index (κ2) is 20.6. The summed E-state index contributed by atoms with van der Waals surface area (Å²) in [5.74, 6) is -0.200. The minimum atomic E-state index is -0.695. The van der Waals surface area contributed by atoms with Gasteiger partial charge in [-0.15, -0.1) is 11.3 Å². The molecule has 2 aliphatic rings. The van der Waals surface area contributed by atoms with Gasteiger partial charge in [0.15, 0.2) is 0 Å². The fourth-order valence-electron chi connectivity index (χ4n) is 6.65. The number of thiazole rings is 1. The molecule has 1 saturated heterocycles. The zero-order valence-electron chi connectivity index (χ0n) is 28.9. The number of urea groups is 1. The first-order valence-corrected chi connectivity index (χ1v) is 18.9.